The Hall–Kier alpha value is -1.59. The van der Waals surface area contributed by atoms with E-state index in [9.17, 15) is 9.90 Å². The molecule has 1 fully saturated rings. The largest absolute Gasteiger partial charge is 0.508 e. The highest BCUT2D eigenvalue weighted by Gasteiger charge is 2.18. The Morgan fingerprint density at radius 2 is 1.86 bits per heavy atom. The van der Waals surface area contributed by atoms with Crippen LogP contribution in [0.3, 0.4) is 0 Å². The van der Waals surface area contributed by atoms with E-state index in [1.165, 1.54) is 17.1 Å². The number of phenols is 1. The van der Waals surface area contributed by atoms with Gasteiger partial charge in [0.1, 0.15) is 5.75 Å². The van der Waals surface area contributed by atoms with Crippen molar-refractivity contribution in [2.24, 2.45) is 0 Å². The van der Waals surface area contributed by atoms with Crippen LogP contribution in [0.5, 0.6) is 5.75 Å². The second-order valence-electron chi connectivity index (χ2n) is 5.05. The normalized spacial score (nSPS) is 14.9. The van der Waals surface area contributed by atoms with Crippen LogP contribution in [-0.2, 0) is 6.54 Å². The van der Waals surface area contributed by atoms with Crippen LogP contribution in [0.4, 0.5) is 0 Å². The van der Waals surface area contributed by atoms with Gasteiger partial charge in [-0.3, -0.25) is 4.79 Å². The summed E-state index contributed by atoms with van der Waals surface area (Å²) in [5.74, 6) is 2.51. The summed E-state index contributed by atoms with van der Waals surface area (Å²) in [5.41, 5.74) is 2.82. The van der Waals surface area contributed by atoms with Gasteiger partial charge in [-0.2, -0.15) is 0 Å². The summed E-state index contributed by atoms with van der Waals surface area (Å²) in [6, 6.07) is 14.7. The molecule has 1 heterocycles. The molecule has 1 aliphatic rings. The molecule has 3 nitrogen and oxygen atoms in total. The zero-order chi connectivity index (χ0) is 15.4. The van der Waals surface area contributed by atoms with Gasteiger partial charge in [0.25, 0.3) is 5.91 Å². The van der Waals surface area contributed by atoms with Gasteiger partial charge in [0.2, 0.25) is 0 Å². The van der Waals surface area contributed by atoms with E-state index in [1.54, 1.807) is 18.2 Å². The first-order valence-electron chi connectivity index (χ1n) is 7.12. The molecule has 2 aromatic carbocycles. The summed E-state index contributed by atoms with van der Waals surface area (Å²) in [4.78, 5) is 12.2. The van der Waals surface area contributed by atoms with Gasteiger partial charge in [-0.05, 0) is 35.4 Å². The molecule has 3 rings (SSSR count). The van der Waals surface area contributed by atoms with Crippen molar-refractivity contribution in [2.75, 3.05) is 11.5 Å². The van der Waals surface area contributed by atoms with Crippen LogP contribution in [0.15, 0.2) is 48.5 Å². The van der Waals surface area contributed by atoms with Crippen LogP contribution in [0, 0.1) is 0 Å². The van der Waals surface area contributed by atoms with E-state index in [2.05, 4.69) is 5.32 Å². The Balaban J connectivity index is 1.60. The van der Waals surface area contributed by atoms with Crippen LogP contribution in [0.2, 0.25) is 0 Å². The fourth-order valence-corrected chi connectivity index (χ4v) is 5.15. The van der Waals surface area contributed by atoms with E-state index in [0.717, 1.165) is 5.56 Å². The average Bonchev–Trinajstić information content (AvgIpc) is 3.07. The fraction of sp³-hybridized carbons (Fsp3) is 0.235. The molecule has 1 amide bonds. The molecule has 2 aromatic rings. The SMILES string of the molecule is O=C(NCc1cccc(O)c1)c1ccc(C2SCCS2)cc1. The molecule has 1 aliphatic heterocycles. The number of amides is 1. The lowest BCUT2D eigenvalue weighted by Crippen LogP contribution is -2.22. The van der Waals surface area contributed by atoms with Gasteiger partial charge in [-0.25, -0.2) is 0 Å². The third-order valence-corrected chi connectivity index (χ3v) is 6.53. The monoisotopic (exact) mass is 331 g/mol. The Bertz CT molecular complexity index is 652. The number of hydrogen-bond acceptors (Lipinski definition) is 4. The summed E-state index contributed by atoms with van der Waals surface area (Å²) in [6.45, 7) is 0.406. The number of thioether (sulfide) groups is 2. The second kappa shape index (κ2) is 7.11. The molecule has 0 saturated carbocycles. The molecule has 0 unspecified atom stereocenters. The van der Waals surface area contributed by atoms with E-state index in [0.29, 0.717) is 16.7 Å². The minimum Gasteiger partial charge on any atom is -0.508 e. The van der Waals surface area contributed by atoms with Crippen LogP contribution in [-0.4, -0.2) is 22.5 Å². The molecule has 0 bridgehead atoms. The van der Waals surface area contributed by atoms with E-state index in [4.69, 9.17) is 0 Å². The molecule has 0 atom stereocenters. The summed E-state index contributed by atoms with van der Waals surface area (Å²) in [5, 5.41) is 12.3. The van der Waals surface area contributed by atoms with Gasteiger partial charge in [-0.1, -0.05) is 24.3 Å². The molecule has 2 N–H and O–H groups in total. The molecule has 0 spiro atoms. The van der Waals surface area contributed by atoms with Crippen molar-refractivity contribution in [3.8, 4) is 5.75 Å². The molecular formula is C17H17NO2S2. The summed E-state index contributed by atoms with van der Waals surface area (Å²) in [6.07, 6.45) is 0. The molecule has 114 valence electrons. The molecule has 0 aromatic heterocycles. The van der Waals surface area contributed by atoms with Crippen LogP contribution >= 0.6 is 23.5 Å². The average molecular weight is 331 g/mol. The zero-order valence-corrected chi connectivity index (χ0v) is 13.6. The number of phenolic OH excluding ortho intramolecular Hbond substituents is 1. The summed E-state index contributed by atoms with van der Waals surface area (Å²) in [7, 11) is 0. The van der Waals surface area contributed by atoms with Crippen LogP contribution in [0.25, 0.3) is 0 Å². The van der Waals surface area contributed by atoms with Crippen LogP contribution < -0.4 is 5.32 Å². The minimum atomic E-state index is -0.0957. The highest BCUT2D eigenvalue weighted by Crippen LogP contribution is 2.45. The number of aromatic hydroxyl groups is 1. The lowest BCUT2D eigenvalue weighted by Gasteiger charge is -2.10. The van der Waals surface area contributed by atoms with E-state index in [-0.39, 0.29) is 11.7 Å². The van der Waals surface area contributed by atoms with Crippen LogP contribution in [0.1, 0.15) is 26.1 Å². The Morgan fingerprint density at radius 1 is 1.14 bits per heavy atom. The lowest BCUT2D eigenvalue weighted by molar-refractivity contribution is 0.0951. The number of benzene rings is 2. The minimum absolute atomic E-state index is 0.0957. The van der Waals surface area contributed by atoms with Crippen molar-refractivity contribution >= 4 is 29.4 Å². The molecule has 0 aliphatic carbocycles. The molecular weight excluding hydrogens is 314 g/mol. The fourth-order valence-electron chi connectivity index (χ4n) is 2.29. The topological polar surface area (TPSA) is 49.3 Å². The number of carbonyl (C=O) groups is 1. The maximum absolute atomic E-state index is 12.2. The van der Waals surface area contributed by atoms with Crippen molar-refractivity contribution < 1.29 is 9.90 Å². The van der Waals surface area contributed by atoms with Crippen molar-refractivity contribution in [1.29, 1.82) is 0 Å². The Labute approximate surface area is 138 Å². The second-order valence-corrected chi connectivity index (χ2v) is 7.77. The van der Waals surface area contributed by atoms with Crippen molar-refractivity contribution in [1.82, 2.24) is 5.32 Å². The third kappa shape index (κ3) is 3.78. The molecule has 22 heavy (non-hydrogen) atoms. The standard InChI is InChI=1S/C17H17NO2S2/c19-15-3-1-2-12(10-15)11-18-16(20)13-4-6-14(7-5-13)17-21-8-9-22-17/h1-7,10,17,19H,8-9,11H2,(H,18,20). The van der Waals surface area contributed by atoms with Gasteiger partial charge in [0.05, 0.1) is 4.58 Å². The van der Waals surface area contributed by atoms with Gasteiger partial charge in [0, 0.05) is 23.6 Å². The summed E-state index contributed by atoms with van der Waals surface area (Å²) >= 11 is 3.91. The predicted octanol–water partition coefficient (Wildman–Crippen LogP) is 3.80. The number of rotatable bonds is 4. The smallest absolute Gasteiger partial charge is 0.251 e. The number of nitrogens with one attached hydrogen (secondary N) is 1. The van der Waals surface area contributed by atoms with Crippen molar-refractivity contribution in [3.63, 3.8) is 0 Å². The van der Waals surface area contributed by atoms with Gasteiger partial charge in [-0.15, -0.1) is 23.5 Å². The Morgan fingerprint density at radius 3 is 2.55 bits per heavy atom. The van der Waals surface area contributed by atoms with Crippen molar-refractivity contribution in [3.05, 3.63) is 65.2 Å². The first kappa shape index (κ1) is 15.3. The lowest BCUT2D eigenvalue weighted by atomic mass is 10.1. The van der Waals surface area contributed by atoms with E-state index in [1.807, 2.05) is 53.9 Å². The maximum atomic E-state index is 12.2. The molecule has 0 radical (unpaired) electrons. The molecule has 1 saturated heterocycles. The van der Waals surface area contributed by atoms with Gasteiger partial charge < -0.3 is 10.4 Å². The van der Waals surface area contributed by atoms with Crippen molar-refractivity contribution in [2.45, 2.75) is 11.1 Å². The Kier molecular flexibility index (Phi) is 4.95. The number of carbonyl (C=O) groups excluding carboxylic acids is 1. The van der Waals surface area contributed by atoms with Gasteiger partial charge in [0.15, 0.2) is 0 Å². The predicted molar refractivity (Wildman–Crippen MR) is 93.4 cm³/mol. The van der Waals surface area contributed by atoms with Gasteiger partial charge >= 0.3 is 0 Å². The van der Waals surface area contributed by atoms with E-state index >= 15 is 0 Å². The highest BCUT2D eigenvalue weighted by atomic mass is 32.2. The first-order valence-corrected chi connectivity index (χ1v) is 9.21. The highest BCUT2D eigenvalue weighted by molar-refractivity contribution is 8.19. The zero-order valence-electron chi connectivity index (χ0n) is 12.0. The van der Waals surface area contributed by atoms with E-state index < -0.39 is 0 Å². The quantitative estimate of drug-likeness (QED) is 0.895. The molecule has 5 heteroatoms. The maximum Gasteiger partial charge on any atom is 0.251 e. The number of hydrogen-bond donors (Lipinski definition) is 2. The first-order chi connectivity index (χ1) is 10.7. The summed E-state index contributed by atoms with van der Waals surface area (Å²) < 4.78 is 0.504. The third-order valence-electron chi connectivity index (χ3n) is 3.43.